The normalized spacial score (nSPS) is 21.5. The van der Waals surface area contributed by atoms with Crippen molar-refractivity contribution >= 4 is 35.0 Å². The van der Waals surface area contributed by atoms with E-state index in [1.54, 1.807) is 42.5 Å². The molecule has 0 saturated carbocycles. The average molecular weight is 370 g/mol. The number of carbonyl (C=O) groups excluding carboxylic acids is 3. The highest BCUT2D eigenvalue weighted by Gasteiger charge is 2.43. The van der Waals surface area contributed by atoms with Gasteiger partial charge in [0.1, 0.15) is 6.04 Å². The van der Waals surface area contributed by atoms with Crippen molar-refractivity contribution in [3.63, 3.8) is 0 Å². The minimum absolute atomic E-state index is 0.215. The van der Waals surface area contributed by atoms with Crippen LogP contribution in [0.4, 0.5) is 5.69 Å². The summed E-state index contributed by atoms with van der Waals surface area (Å²) in [5, 5.41) is 6.14. The number of fused-ring (bicyclic) bond motifs is 2. The lowest BCUT2D eigenvalue weighted by Crippen LogP contribution is -2.41. The summed E-state index contributed by atoms with van der Waals surface area (Å²) >= 11 is 5.96. The Bertz CT molecular complexity index is 900. The van der Waals surface area contributed by atoms with E-state index in [2.05, 4.69) is 10.6 Å². The van der Waals surface area contributed by atoms with Crippen LogP contribution in [-0.4, -0.2) is 41.2 Å². The summed E-state index contributed by atoms with van der Waals surface area (Å²) in [5.41, 5.74) is 1.37. The molecule has 2 heterocycles. The molecule has 2 aromatic rings. The first-order valence-corrected chi connectivity index (χ1v) is 8.68. The molecule has 0 radical (unpaired) electrons. The number of halogens is 1. The van der Waals surface area contributed by atoms with Crippen molar-refractivity contribution in [1.29, 1.82) is 0 Å². The number of anilines is 1. The molecule has 26 heavy (non-hydrogen) atoms. The third-order valence-corrected chi connectivity index (χ3v) is 4.94. The van der Waals surface area contributed by atoms with Crippen molar-refractivity contribution in [3.05, 3.63) is 64.7 Å². The molecule has 3 amide bonds. The molecule has 2 aromatic carbocycles. The predicted octanol–water partition coefficient (Wildman–Crippen LogP) is 2.31. The third kappa shape index (κ3) is 2.93. The summed E-state index contributed by atoms with van der Waals surface area (Å²) in [6.45, 7) is 0.289. The Balaban J connectivity index is 1.55. The summed E-state index contributed by atoms with van der Waals surface area (Å²) in [6.07, 6.45) is 0.373. The van der Waals surface area contributed by atoms with Gasteiger partial charge < -0.3 is 15.5 Å². The highest BCUT2D eigenvalue weighted by molar-refractivity contribution is 6.31. The molecule has 2 atom stereocenters. The topological polar surface area (TPSA) is 78.5 Å². The van der Waals surface area contributed by atoms with Crippen molar-refractivity contribution in [2.24, 2.45) is 0 Å². The van der Waals surface area contributed by atoms with E-state index < -0.39 is 6.04 Å². The van der Waals surface area contributed by atoms with E-state index in [-0.39, 0.29) is 30.3 Å². The largest absolute Gasteiger partial charge is 0.347 e. The van der Waals surface area contributed by atoms with Gasteiger partial charge >= 0.3 is 0 Å². The molecule has 132 valence electrons. The lowest BCUT2D eigenvalue weighted by Gasteiger charge is -2.20. The molecule has 0 bridgehead atoms. The minimum atomic E-state index is -0.616. The quantitative estimate of drug-likeness (QED) is 0.852. The number of nitrogens with one attached hydrogen (secondary N) is 2. The highest BCUT2D eigenvalue weighted by Crippen LogP contribution is 2.30. The molecule has 4 rings (SSSR count). The van der Waals surface area contributed by atoms with Crippen LogP contribution in [0.15, 0.2) is 48.5 Å². The molecule has 1 saturated heterocycles. The van der Waals surface area contributed by atoms with Gasteiger partial charge in [-0.25, -0.2) is 0 Å². The standard InChI is InChI=1S/C19H16ClN3O3/c20-12-6-7-14-15(8-12)22-18(25)16-9-13(10-23(16)19(14)26)21-17(24)11-4-2-1-3-5-11/h1-8,13,16H,9-10H2,(H,21,24)(H,22,25)/t13-,16-/m1/s1. The first-order chi connectivity index (χ1) is 12.5. The molecule has 1 fully saturated rings. The second kappa shape index (κ2) is 6.46. The zero-order valence-corrected chi connectivity index (χ0v) is 14.5. The number of hydrogen-bond donors (Lipinski definition) is 2. The van der Waals surface area contributed by atoms with Crippen LogP contribution >= 0.6 is 11.6 Å². The fraction of sp³-hybridized carbons (Fsp3) is 0.211. The number of hydrogen-bond acceptors (Lipinski definition) is 3. The molecule has 0 aromatic heterocycles. The summed E-state index contributed by atoms with van der Waals surface area (Å²) < 4.78 is 0. The van der Waals surface area contributed by atoms with Crippen molar-refractivity contribution < 1.29 is 14.4 Å². The average Bonchev–Trinajstić information content (AvgIpc) is 3.02. The Morgan fingerprint density at radius 3 is 2.69 bits per heavy atom. The van der Waals surface area contributed by atoms with Crippen molar-refractivity contribution in [3.8, 4) is 0 Å². The van der Waals surface area contributed by atoms with E-state index in [0.717, 1.165) is 0 Å². The van der Waals surface area contributed by atoms with E-state index in [0.29, 0.717) is 28.3 Å². The predicted molar refractivity (Wildman–Crippen MR) is 97.2 cm³/mol. The Kier molecular flexibility index (Phi) is 4.12. The van der Waals surface area contributed by atoms with Crippen LogP contribution in [0.1, 0.15) is 27.1 Å². The summed E-state index contributed by atoms with van der Waals surface area (Å²) in [6, 6.07) is 12.8. The third-order valence-electron chi connectivity index (χ3n) is 4.71. The van der Waals surface area contributed by atoms with Crippen LogP contribution < -0.4 is 10.6 Å². The lowest BCUT2D eigenvalue weighted by atomic mass is 10.1. The Morgan fingerprint density at radius 1 is 1.15 bits per heavy atom. The van der Waals surface area contributed by atoms with E-state index in [4.69, 9.17) is 11.6 Å². The number of amides is 3. The molecular weight excluding hydrogens is 354 g/mol. The smallest absolute Gasteiger partial charge is 0.256 e. The monoisotopic (exact) mass is 369 g/mol. The molecule has 2 aliphatic heterocycles. The van der Waals surface area contributed by atoms with E-state index in [1.807, 2.05) is 6.07 Å². The van der Waals surface area contributed by atoms with E-state index in [1.165, 1.54) is 4.90 Å². The summed E-state index contributed by atoms with van der Waals surface area (Å²) in [7, 11) is 0. The summed E-state index contributed by atoms with van der Waals surface area (Å²) in [5.74, 6) is -0.722. The fourth-order valence-electron chi connectivity index (χ4n) is 3.45. The number of nitrogens with zero attached hydrogens (tertiary/aromatic N) is 1. The molecule has 0 unspecified atom stereocenters. The van der Waals surface area contributed by atoms with E-state index in [9.17, 15) is 14.4 Å². The zero-order chi connectivity index (χ0) is 18.3. The van der Waals surface area contributed by atoms with Crippen molar-refractivity contribution in [2.75, 3.05) is 11.9 Å². The minimum Gasteiger partial charge on any atom is -0.347 e. The molecule has 2 aliphatic rings. The van der Waals surface area contributed by atoms with Crippen molar-refractivity contribution in [1.82, 2.24) is 10.2 Å². The van der Waals surface area contributed by atoms with Gasteiger partial charge in [0.2, 0.25) is 5.91 Å². The summed E-state index contributed by atoms with van der Waals surface area (Å²) in [4.78, 5) is 39.3. The van der Waals surface area contributed by atoms with Gasteiger partial charge in [-0.3, -0.25) is 14.4 Å². The van der Waals surface area contributed by atoms with Crippen LogP contribution in [0.5, 0.6) is 0 Å². The SMILES string of the molecule is O=C(N[C@@H]1C[C@@H]2C(=O)Nc3cc(Cl)ccc3C(=O)N2C1)c1ccccc1. The van der Waals surface area contributed by atoms with Crippen LogP contribution in [0.25, 0.3) is 0 Å². The van der Waals surface area contributed by atoms with Gasteiger partial charge in [0.25, 0.3) is 11.8 Å². The molecule has 6 nitrogen and oxygen atoms in total. The maximum Gasteiger partial charge on any atom is 0.256 e. The number of carbonyl (C=O) groups is 3. The Hall–Kier alpha value is -2.86. The molecule has 0 aliphatic carbocycles. The zero-order valence-electron chi connectivity index (χ0n) is 13.7. The fourth-order valence-corrected chi connectivity index (χ4v) is 3.62. The van der Waals surface area contributed by atoms with Gasteiger partial charge in [-0.05, 0) is 36.8 Å². The highest BCUT2D eigenvalue weighted by atomic mass is 35.5. The van der Waals surface area contributed by atoms with Crippen LogP contribution in [0.2, 0.25) is 5.02 Å². The van der Waals surface area contributed by atoms with Gasteiger partial charge in [-0.15, -0.1) is 0 Å². The molecule has 2 N–H and O–H groups in total. The second-order valence-corrected chi connectivity index (χ2v) is 6.86. The van der Waals surface area contributed by atoms with Crippen LogP contribution in [0.3, 0.4) is 0 Å². The molecule has 0 spiro atoms. The maximum atomic E-state index is 12.9. The first-order valence-electron chi connectivity index (χ1n) is 8.30. The number of rotatable bonds is 2. The van der Waals surface area contributed by atoms with Gasteiger partial charge in [-0.2, -0.15) is 0 Å². The molecular formula is C19H16ClN3O3. The van der Waals surface area contributed by atoms with Crippen LogP contribution in [-0.2, 0) is 4.79 Å². The van der Waals surface area contributed by atoms with Gasteiger partial charge in [0.05, 0.1) is 11.3 Å². The Morgan fingerprint density at radius 2 is 1.92 bits per heavy atom. The second-order valence-electron chi connectivity index (χ2n) is 6.42. The molecule has 7 heteroatoms. The van der Waals surface area contributed by atoms with Gasteiger partial charge in [-0.1, -0.05) is 29.8 Å². The Labute approximate surface area is 155 Å². The van der Waals surface area contributed by atoms with Crippen LogP contribution in [0, 0.1) is 0 Å². The van der Waals surface area contributed by atoms with Crippen molar-refractivity contribution in [2.45, 2.75) is 18.5 Å². The lowest BCUT2D eigenvalue weighted by molar-refractivity contribution is -0.119. The number of benzene rings is 2. The maximum absolute atomic E-state index is 12.9. The van der Waals surface area contributed by atoms with Gasteiger partial charge in [0, 0.05) is 23.2 Å². The van der Waals surface area contributed by atoms with E-state index >= 15 is 0 Å². The van der Waals surface area contributed by atoms with Gasteiger partial charge in [0.15, 0.2) is 0 Å². The first kappa shape index (κ1) is 16.6.